The summed E-state index contributed by atoms with van der Waals surface area (Å²) in [6.45, 7) is 3.35. The summed E-state index contributed by atoms with van der Waals surface area (Å²) in [7, 11) is 0. The number of nitrogens with zero attached hydrogens (tertiary/aromatic N) is 2. The SMILES string of the molecule is CC(C)(CO)Nc1cc(Br)ncc1[N+](=O)[O-]. The summed E-state index contributed by atoms with van der Waals surface area (Å²) in [6.07, 6.45) is 1.17. The van der Waals surface area contributed by atoms with Gasteiger partial charge in [-0.15, -0.1) is 0 Å². The molecule has 1 aromatic rings. The largest absolute Gasteiger partial charge is 0.394 e. The summed E-state index contributed by atoms with van der Waals surface area (Å²) in [4.78, 5) is 14.0. The van der Waals surface area contributed by atoms with Crippen LogP contribution in [0.1, 0.15) is 13.8 Å². The summed E-state index contributed by atoms with van der Waals surface area (Å²) in [5.41, 5.74) is -0.429. The molecule has 1 rings (SSSR count). The van der Waals surface area contributed by atoms with E-state index in [1.165, 1.54) is 12.3 Å². The molecule has 0 radical (unpaired) electrons. The van der Waals surface area contributed by atoms with Crippen LogP contribution in [0, 0.1) is 10.1 Å². The zero-order valence-corrected chi connectivity index (χ0v) is 10.5. The van der Waals surface area contributed by atoms with Gasteiger partial charge in [-0.05, 0) is 29.8 Å². The number of nitrogens with one attached hydrogen (secondary N) is 1. The first-order valence-corrected chi connectivity index (χ1v) is 5.34. The minimum atomic E-state index is -0.633. The third kappa shape index (κ3) is 3.14. The number of hydrogen-bond donors (Lipinski definition) is 2. The molecule has 0 aliphatic carbocycles. The monoisotopic (exact) mass is 289 g/mol. The number of aliphatic hydroxyl groups excluding tert-OH is 1. The minimum Gasteiger partial charge on any atom is -0.394 e. The van der Waals surface area contributed by atoms with Crippen LogP contribution in [0.25, 0.3) is 0 Å². The second-order valence-electron chi connectivity index (χ2n) is 3.95. The maximum absolute atomic E-state index is 10.8. The predicted octanol–water partition coefficient (Wildman–Crippen LogP) is 1.94. The van der Waals surface area contributed by atoms with Crippen molar-refractivity contribution < 1.29 is 10.0 Å². The van der Waals surface area contributed by atoms with E-state index in [-0.39, 0.29) is 12.3 Å². The van der Waals surface area contributed by atoms with Gasteiger partial charge in [0.15, 0.2) is 0 Å². The molecule has 0 spiro atoms. The smallest absolute Gasteiger partial charge is 0.310 e. The average Bonchev–Trinajstić information content (AvgIpc) is 2.16. The molecule has 2 N–H and O–H groups in total. The van der Waals surface area contributed by atoms with E-state index in [0.29, 0.717) is 10.3 Å². The molecule has 7 heteroatoms. The molecule has 0 aliphatic rings. The van der Waals surface area contributed by atoms with E-state index in [9.17, 15) is 10.1 Å². The maximum Gasteiger partial charge on any atom is 0.310 e. The minimum absolute atomic E-state index is 0.121. The Labute approximate surface area is 101 Å². The van der Waals surface area contributed by atoms with Gasteiger partial charge in [-0.1, -0.05) is 0 Å². The van der Waals surface area contributed by atoms with Crippen molar-refractivity contribution in [3.8, 4) is 0 Å². The lowest BCUT2D eigenvalue weighted by Gasteiger charge is -2.24. The first-order valence-electron chi connectivity index (χ1n) is 4.55. The molecule has 0 saturated heterocycles. The van der Waals surface area contributed by atoms with E-state index < -0.39 is 10.5 Å². The molecule has 88 valence electrons. The molecule has 0 fully saturated rings. The van der Waals surface area contributed by atoms with Crippen molar-refractivity contribution in [2.24, 2.45) is 0 Å². The molecule has 1 heterocycles. The Bertz CT molecular complexity index is 409. The second-order valence-corrected chi connectivity index (χ2v) is 4.76. The van der Waals surface area contributed by atoms with Gasteiger partial charge in [0.1, 0.15) is 16.5 Å². The molecule has 0 bridgehead atoms. The number of aliphatic hydroxyl groups is 1. The fraction of sp³-hybridized carbons (Fsp3) is 0.444. The van der Waals surface area contributed by atoms with Gasteiger partial charge in [0, 0.05) is 6.07 Å². The summed E-state index contributed by atoms with van der Waals surface area (Å²) < 4.78 is 0.495. The third-order valence-electron chi connectivity index (χ3n) is 1.91. The van der Waals surface area contributed by atoms with Crippen LogP contribution < -0.4 is 5.32 Å². The molecule has 0 aliphatic heterocycles. The number of anilines is 1. The average molecular weight is 290 g/mol. The molecule has 0 amide bonds. The van der Waals surface area contributed by atoms with Crippen molar-refractivity contribution in [2.75, 3.05) is 11.9 Å². The Morgan fingerprint density at radius 2 is 2.31 bits per heavy atom. The highest BCUT2D eigenvalue weighted by molar-refractivity contribution is 9.10. The van der Waals surface area contributed by atoms with Gasteiger partial charge >= 0.3 is 5.69 Å². The molecule has 1 aromatic heterocycles. The van der Waals surface area contributed by atoms with Crippen molar-refractivity contribution in [1.82, 2.24) is 4.98 Å². The van der Waals surface area contributed by atoms with Crippen molar-refractivity contribution in [3.05, 3.63) is 27.0 Å². The van der Waals surface area contributed by atoms with Crippen molar-refractivity contribution in [3.63, 3.8) is 0 Å². The highest BCUT2D eigenvalue weighted by Gasteiger charge is 2.22. The predicted molar refractivity (Wildman–Crippen MR) is 63.4 cm³/mol. The molecular formula is C9H12BrN3O3. The van der Waals surface area contributed by atoms with Crippen LogP contribution in [0.3, 0.4) is 0 Å². The zero-order chi connectivity index (χ0) is 12.3. The third-order valence-corrected chi connectivity index (χ3v) is 2.35. The van der Waals surface area contributed by atoms with E-state index in [1.54, 1.807) is 13.8 Å². The fourth-order valence-electron chi connectivity index (χ4n) is 1.07. The molecule has 0 atom stereocenters. The second kappa shape index (κ2) is 4.75. The lowest BCUT2D eigenvalue weighted by atomic mass is 10.1. The highest BCUT2D eigenvalue weighted by atomic mass is 79.9. The highest BCUT2D eigenvalue weighted by Crippen LogP contribution is 2.28. The quantitative estimate of drug-likeness (QED) is 0.502. The number of nitro groups is 1. The Kier molecular flexibility index (Phi) is 3.82. The van der Waals surface area contributed by atoms with Crippen molar-refractivity contribution >= 4 is 27.3 Å². The standard InChI is InChI=1S/C9H12BrN3O3/c1-9(2,5-14)12-6-3-8(10)11-4-7(6)13(15)16/h3-4,14H,5H2,1-2H3,(H,11,12). The molecule has 6 nitrogen and oxygen atoms in total. The number of rotatable bonds is 4. The Morgan fingerprint density at radius 1 is 1.69 bits per heavy atom. The van der Waals surface area contributed by atoms with Crippen LogP contribution in [0.15, 0.2) is 16.9 Å². The fourth-order valence-corrected chi connectivity index (χ4v) is 1.40. The van der Waals surface area contributed by atoms with E-state index >= 15 is 0 Å². The summed E-state index contributed by atoms with van der Waals surface area (Å²) in [6, 6.07) is 1.51. The van der Waals surface area contributed by atoms with E-state index in [0.717, 1.165) is 0 Å². The van der Waals surface area contributed by atoms with Crippen molar-refractivity contribution in [1.29, 1.82) is 0 Å². The lowest BCUT2D eigenvalue weighted by molar-refractivity contribution is -0.384. The van der Waals surface area contributed by atoms with Gasteiger partial charge in [-0.25, -0.2) is 4.98 Å². The van der Waals surface area contributed by atoms with Crippen LogP contribution in [-0.2, 0) is 0 Å². The molecule has 16 heavy (non-hydrogen) atoms. The summed E-state index contributed by atoms with van der Waals surface area (Å²) in [5.74, 6) is 0. The Morgan fingerprint density at radius 3 is 2.81 bits per heavy atom. The normalized spacial score (nSPS) is 11.2. The van der Waals surface area contributed by atoms with Crippen LogP contribution in [-0.4, -0.2) is 27.2 Å². The number of pyridine rings is 1. The Hall–Kier alpha value is -1.21. The first-order chi connectivity index (χ1) is 7.35. The summed E-state index contributed by atoms with van der Waals surface area (Å²) in [5, 5.41) is 22.7. The van der Waals surface area contributed by atoms with E-state index in [4.69, 9.17) is 5.11 Å². The van der Waals surface area contributed by atoms with Crippen molar-refractivity contribution in [2.45, 2.75) is 19.4 Å². The number of halogens is 1. The van der Waals surface area contributed by atoms with Gasteiger partial charge in [0.2, 0.25) is 0 Å². The van der Waals surface area contributed by atoms with Crippen LogP contribution in [0.2, 0.25) is 0 Å². The van der Waals surface area contributed by atoms with Gasteiger partial charge < -0.3 is 10.4 Å². The zero-order valence-electron chi connectivity index (χ0n) is 8.90. The number of aromatic nitrogens is 1. The van der Waals surface area contributed by atoms with E-state index in [2.05, 4.69) is 26.2 Å². The molecule has 0 aromatic carbocycles. The van der Waals surface area contributed by atoms with Crippen LogP contribution in [0.5, 0.6) is 0 Å². The molecule has 0 unspecified atom stereocenters. The summed E-state index contributed by atoms with van der Waals surface area (Å²) >= 11 is 3.14. The Balaban J connectivity index is 3.10. The maximum atomic E-state index is 10.8. The van der Waals surface area contributed by atoms with Gasteiger partial charge in [-0.3, -0.25) is 10.1 Å². The van der Waals surface area contributed by atoms with Crippen LogP contribution in [0.4, 0.5) is 11.4 Å². The molecular weight excluding hydrogens is 278 g/mol. The lowest BCUT2D eigenvalue weighted by Crippen LogP contribution is -2.35. The van der Waals surface area contributed by atoms with E-state index in [1.807, 2.05) is 0 Å². The number of hydrogen-bond acceptors (Lipinski definition) is 5. The van der Waals surface area contributed by atoms with Gasteiger partial charge in [0.25, 0.3) is 0 Å². The molecule has 0 saturated carbocycles. The first kappa shape index (κ1) is 12.9. The van der Waals surface area contributed by atoms with Crippen LogP contribution >= 0.6 is 15.9 Å². The van der Waals surface area contributed by atoms with Gasteiger partial charge in [0.05, 0.1) is 17.1 Å². The van der Waals surface area contributed by atoms with Gasteiger partial charge in [-0.2, -0.15) is 0 Å². The topological polar surface area (TPSA) is 88.3 Å².